The Morgan fingerprint density at radius 2 is 1.94 bits per heavy atom. The predicted octanol–water partition coefficient (Wildman–Crippen LogP) is 4.67. The second kappa shape index (κ2) is 9.13. The number of nitrogens with zero attached hydrogens (tertiary/aromatic N) is 5. The summed E-state index contributed by atoms with van der Waals surface area (Å²) in [6.07, 6.45) is 1.54. The average molecular weight is 456 g/mol. The smallest absolute Gasteiger partial charge is 0.338 e. The number of amides is 1. The van der Waals surface area contributed by atoms with Crippen molar-refractivity contribution in [3.05, 3.63) is 71.1 Å². The van der Waals surface area contributed by atoms with Crippen molar-refractivity contribution >= 4 is 17.5 Å². The molecule has 1 amide bonds. The van der Waals surface area contributed by atoms with Crippen LogP contribution in [0, 0.1) is 13.8 Å². The van der Waals surface area contributed by atoms with E-state index in [0.717, 1.165) is 42.4 Å². The number of hydrogen-bond acceptors (Lipinski definition) is 6. The summed E-state index contributed by atoms with van der Waals surface area (Å²) in [5.74, 6) is 0.796. The fraction of sp³-hybridized carbons (Fsp3) is 0.348. The van der Waals surface area contributed by atoms with E-state index in [1.165, 1.54) is 0 Å². The topological polar surface area (TPSA) is 83.9 Å². The molecule has 1 aliphatic rings. The Morgan fingerprint density at radius 3 is 2.70 bits per heavy atom. The van der Waals surface area contributed by atoms with E-state index in [0.29, 0.717) is 30.3 Å². The van der Waals surface area contributed by atoms with Gasteiger partial charge in [0.2, 0.25) is 0 Å². The van der Waals surface area contributed by atoms with Gasteiger partial charge in [-0.05, 0) is 50.5 Å². The Kier molecular flexibility index (Phi) is 6.26. The van der Waals surface area contributed by atoms with Crippen molar-refractivity contribution in [3.8, 4) is 0 Å². The molecule has 3 aromatic heterocycles. The van der Waals surface area contributed by atoms with Crippen LogP contribution in [0.15, 0.2) is 42.9 Å². The van der Waals surface area contributed by atoms with Crippen molar-refractivity contribution < 1.29 is 18.0 Å². The third-order valence-corrected chi connectivity index (χ3v) is 5.60. The van der Waals surface area contributed by atoms with Gasteiger partial charge in [-0.2, -0.15) is 13.2 Å². The van der Waals surface area contributed by atoms with Crippen LogP contribution in [0.2, 0.25) is 0 Å². The molecule has 0 aromatic carbocycles. The van der Waals surface area contributed by atoms with Crippen LogP contribution >= 0.6 is 0 Å². The highest BCUT2D eigenvalue weighted by Gasteiger charge is 2.31. The number of carbonyl (C=O) groups is 1. The molecule has 0 spiro atoms. The van der Waals surface area contributed by atoms with E-state index in [4.69, 9.17) is 0 Å². The van der Waals surface area contributed by atoms with Gasteiger partial charge in [0.25, 0.3) is 5.91 Å². The van der Waals surface area contributed by atoms with Gasteiger partial charge in [0.05, 0.1) is 16.8 Å². The van der Waals surface area contributed by atoms with Crippen LogP contribution in [-0.2, 0) is 6.18 Å². The van der Waals surface area contributed by atoms with Crippen LogP contribution in [0.3, 0.4) is 0 Å². The third-order valence-electron chi connectivity index (χ3n) is 5.60. The van der Waals surface area contributed by atoms with Crippen LogP contribution in [0.25, 0.3) is 0 Å². The second-order valence-electron chi connectivity index (χ2n) is 8.06. The molecule has 10 heteroatoms. The normalized spacial score (nSPS) is 16.5. The van der Waals surface area contributed by atoms with Gasteiger partial charge in [-0.15, -0.1) is 0 Å². The maximum atomic E-state index is 13.0. The van der Waals surface area contributed by atoms with E-state index in [1.54, 1.807) is 30.3 Å². The summed E-state index contributed by atoms with van der Waals surface area (Å²) in [5, 5.41) is 2.85. The molecular formula is C23H23F3N6O. The highest BCUT2D eigenvalue weighted by molar-refractivity contribution is 5.95. The number of alkyl halides is 3. The molecule has 1 aliphatic heterocycles. The average Bonchev–Trinajstić information content (AvgIpc) is 2.78. The van der Waals surface area contributed by atoms with Crippen molar-refractivity contribution in [1.82, 2.24) is 24.8 Å². The second-order valence-corrected chi connectivity index (χ2v) is 8.06. The molecule has 0 radical (unpaired) electrons. The third kappa shape index (κ3) is 5.27. The zero-order valence-electron chi connectivity index (χ0n) is 18.2. The van der Waals surface area contributed by atoms with Crippen LogP contribution in [0.4, 0.5) is 24.8 Å². The molecular weight excluding hydrogens is 433 g/mol. The molecule has 172 valence electrons. The highest BCUT2D eigenvalue weighted by atomic mass is 19.4. The van der Waals surface area contributed by atoms with Gasteiger partial charge in [-0.25, -0.2) is 15.0 Å². The molecule has 1 N–H and O–H groups in total. The Labute approximate surface area is 189 Å². The summed E-state index contributed by atoms with van der Waals surface area (Å²) in [7, 11) is 0. The summed E-state index contributed by atoms with van der Waals surface area (Å²) in [5.41, 5.74) is 1.39. The lowest BCUT2D eigenvalue weighted by Gasteiger charge is -2.33. The lowest BCUT2D eigenvalue weighted by molar-refractivity contribution is -0.137. The number of aromatic nitrogens is 4. The zero-order chi connectivity index (χ0) is 23.6. The van der Waals surface area contributed by atoms with Gasteiger partial charge in [0.1, 0.15) is 17.5 Å². The molecule has 1 atom stereocenters. The molecule has 3 aromatic rings. The van der Waals surface area contributed by atoms with Crippen LogP contribution in [-0.4, -0.2) is 43.8 Å². The monoisotopic (exact) mass is 456 g/mol. The van der Waals surface area contributed by atoms with E-state index >= 15 is 0 Å². The van der Waals surface area contributed by atoms with Crippen molar-refractivity contribution in [2.45, 2.75) is 38.8 Å². The first-order valence-electron chi connectivity index (χ1n) is 10.6. The molecule has 4 rings (SSSR count). The quantitative estimate of drug-likeness (QED) is 0.615. The molecule has 0 bridgehead atoms. The van der Waals surface area contributed by atoms with E-state index in [9.17, 15) is 18.0 Å². The van der Waals surface area contributed by atoms with Crippen LogP contribution in [0.1, 0.15) is 51.8 Å². The van der Waals surface area contributed by atoms with Crippen molar-refractivity contribution in [2.24, 2.45) is 0 Å². The lowest BCUT2D eigenvalue weighted by atomic mass is 9.93. The Balaban J connectivity index is 1.54. The molecule has 1 unspecified atom stereocenters. The van der Waals surface area contributed by atoms with E-state index in [1.807, 2.05) is 13.0 Å². The molecule has 4 heterocycles. The summed E-state index contributed by atoms with van der Waals surface area (Å²) in [6, 6.07) is 5.37. The van der Waals surface area contributed by atoms with Gasteiger partial charge in [0, 0.05) is 43.7 Å². The number of carbonyl (C=O) groups excluding carboxylic acids is 1. The number of pyridine rings is 2. The molecule has 1 saturated heterocycles. The van der Waals surface area contributed by atoms with Crippen LogP contribution in [0.5, 0.6) is 0 Å². The van der Waals surface area contributed by atoms with E-state index in [2.05, 4.69) is 25.3 Å². The summed E-state index contributed by atoms with van der Waals surface area (Å²) < 4.78 is 39.0. The summed E-state index contributed by atoms with van der Waals surface area (Å²) in [6.45, 7) is 4.74. The van der Waals surface area contributed by atoms with E-state index in [-0.39, 0.29) is 17.6 Å². The minimum atomic E-state index is -4.46. The minimum absolute atomic E-state index is 0.0172. The van der Waals surface area contributed by atoms with Gasteiger partial charge in [-0.1, -0.05) is 0 Å². The first-order valence-corrected chi connectivity index (χ1v) is 10.6. The summed E-state index contributed by atoms with van der Waals surface area (Å²) in [4.78, 5) is 31.7. The maximum absolute atomic E-state index is 13.0. The maximum Gasteiger partial charge on any atom is 0.416 e. The minimum Gasteiger partial charge on any atom is -0.338 e. The van der Waals surface area contributed by atoms with Gasteiger partial charge in [0.15, 0.2) is 0 Å². The van der Waals surface area contributed by atoms with E-state index < -0.39 is 11.7 Å². The van der Waals surface area contributed by atoms with Gasteiger partial charge in [-0.3, -0.25) is 9.78 Å². The Morgan fingerprint density at radius 1 is 1.12 bits per heavy atom. The zero-order valence-corrected chi connectivity index (χ0v) is 18.2. The predicted molar refractivity (Wildman–Crippen MR) is 116 cm³/mol. The molecule has 1 fully saturated rings. The number of nitrogens with one attached hydrogen (secondary N) is 1. The van der Waals surface area contributed by atoms with Crippen molar-refractivity contribution in [2.75, 3.05) is 18.4 Å². The van der Waals surface area contributed by atoms with Crippen molar-refractivity contribution in [1.29, 1.82) is 0 Å². The Hall–Kier alpha value is -3.56. The Bertz CT molecular complexity index is 1170. The number of likely N-dealkylation sites (tertiary alicyclic amines) is 1. The van der Waals surface area contributed by atoms with Gasteiger partial charge >= 0.3 is 6.18 Å². The fourth-order valence-electron chi connectivity index (χ4n) is 3.93. The summed E-state index contributed by atoms with van der Waals surface area (Å²) >= 11 is 0. The number of anilines is 2. The molecule has 7 nitrogen and oxygen atoms in total. The number of hydrogen-bond donors (Lipinski definition) is 1. The standard InChI is InChI=1S/C23H23F3N6O/c1-14-5-7-27-12-18(14)22(33)32-9-3-4-16(13-32)19-11-21(30-15(2)29-19)31-20-10-17(6-8-28-20)23(24,25)26/h5-8,10-12,16H,3-4,9,13H2,1-2H3,(H,28,29,30,31). The molecule has 33 heavy (non-hydrogen) atoms. The first-order chi connectivity index (χ1) is 15.7. The fourth-order valence-corrected chi connectivity index (χ4v) is 3.93. The number of aryl methyl sites for hydroxylation is 2. The van der Waals surface area contributed by atoms with Gasteiger partial charge < -0.3 is 10.2 Å². The highest BCUT2D eigenvalue weighted by Crippen LogP contribution is 2.31. The lowest BCUT2D eigenvalue weighted by Crippen LogP contribution is -2.39. The number of rotatable bonds is 4. The number of halogens is 3. The largest absolute Gasteiger partial charge is 0.416 e. The van der Waals surface area contributed by atoms with Crippen molar-refractivity contribution in [3.63, 3.8) is 0 Å². The molecule has 0 aliphatic carbocycles. The SMILES string of the molecule is Cc1nc(Nc2cc(C(F)(F)F)ccn2)cc(C2CCCN(C(=O)c3cnccc3C)C2)n1. The number of piperidine rings is 1. The first kappa shape index (κ1) is 22.6. The van der Waals surface area contributed by atoms with Crippen LogP contribution < -0.4 is 5.32 Å². The molecule has 0 saturated carbocycles.